The van der Waals surface area contributed by atoms with Gasteiger partial charge in [0.2, 0.25) is 0 Å². The standard InChI is InChI=1S/C20H25N7O/c1-20(2)14-26(9-8-24-20)19(28)16-12-23-18(13-22-16)21-7-10-27-17-6-4-3-5-15(17)11-25-27/h3-6,11-13,24H,7-10,14H2,1-2H3,(H,21,23). The number of amides is 1. The third kappa shape index (κ3) is 3.96. The molecule has 0 spiro atoms. The number of benzene rings is 1. The molecule has 4 rings (SSSR count). The van der Waals surface area contributed by atoms with Crippen LogP contribution in [0.4, 0.5) is 5.82 Å². The molecule has 1 aliphatic heterocycles. The van der Waals surface area contributed by atoms with Crippen LogP contribution in [0.5, 0.6) is 0 Å². The molecule has 0 saturated carbocycles. The second kappa shape index (κ2) is 7.55. The zero-order valence-electron chi connectivity index (χ0n) is 16.2. The Morgan fingerprint density at radius 1 is 1.21 bits per heavy atom. The number of para-hydroxylation sites is 1. The third-order valence-electron chi connectivity index (χ3n) is 4.91. The van der Waals surface area contributed by atoms with E-state index in [1.807, 2.05) is 34.0 Å². The van der Waals surface area contributed by atoms with Crippen LogP contribution in [0.2, 0.25) is 0 Å². The molecule has 8 nitrogen and oxygen atoms in total. The van der Waals surface area contributed by atoms with E-state index >= 15 is 0 Å². The lowest BCUT2D eigenvalue weighted by Gasteiger charge is -2.38. The van der Waals surface area contributed by atoms with Gasteiger partial charge in [-0.25, -0.2) is 9.97 Å². The van der Waals surface area contributed by atoms with Crippen molar-refractivity contribution >= 4 is 22.6 Å². The lowest BCUT2D eigenvalue weighted by atomic mass is 10.0. The fraction of sp³-hybridized carbons (Fsp3) is 0.400. The average molecular weight is 379 g/mol. The Hall–Kier alpha value is -3.00. The highest BCUT2D eigenvalue weighted by molar-refractivity contribution is 5.92. The van der Waals surface area contributed by atoms with Gasteiger partial charge in [0.1, 0.15) is 11.5 Å². The fourth-order valence-corrected chi connectivity index (χ4v) is 3.50. The summed E-state index contributed by atoms with van der Waals surface area (Å²) in [6.45, 7) is 7.69. The minimum Gasteiger partial charge on any atom is -0.367 e. The molecular weight excluding hydrogens is 354 g/mol. The second-order valence-electron chi connectivity index (χ2n) is 7.68. The summed E-state index contributed by atoms with van der Waals surface area (Å²) in [5.41, 5.74) is 1.40. The van der Waals surface area contributed by atoms with Gasteiger partial charge in [0.25, 0.3) is 5.91 Å². The Labute approximate surface area is 164 Å². The van der Waals surface area contributed by atoms with Crippen LogP contribution in [0.1, 0.15) is 24.3 Å². The van der Waals surface area contributed by atoms with E-state index in [-0.39, 0.29) is 11.4 Å². The lowest BCUT2D eigenvalue weighted by molar-refractivity contribution is 0.0646. The van der Waals surface area contributed by atoms with Gasteiger partial charge in [-0.05, 0) is 19.9 Å². The predicted molar refractivity (Wildman–Crippen MR) is 108 cm³/mol. The number of hydrogen-bond acceptors (Lipinski definition) is 6. The number of rotatable bonds is 5. The van der Waals surface area contributed by atoms with Gasteiger partial charge < -0.3 is 15.5 Å². The fourth-order valence-electron chi connectivity index (χ4n) is 3.50. The maximum atomic E-state index is 12.7. The van der Waals surface area contributed by atoms with Crippen LogP contribution in [0.25, 0.3) is 10.9 Å². The number of aromatic nitrogens is 4. The molecule has 1 fully saturated rings. The largest absolute Gasteiger partial charge is 0.367 e. The molecule has 3 aromatic rings. The predicted octanol–water partition coefficient (Wildman–Crippen LogP) is 1.76. The van der Waals surface area contributed by atoms with Crippen molar-refractivity contribution in [3.63, 3.8) is 0 Å². The van der Waals surface area contributed by atoms with Crippen molar-refractivity contribution in [1.82, 2.24) is 30.0 Å². The van der Waals surface area contributed by atoms with Crippen LogP contribution in [0.3, 0.4) is 0 Å². The average Bonchev–Trinajstić information content (AvgIpc) is 3.10. The summed E-state index contributed by atoms with van der Waals surface area (Å²) < 4.78 is 1.96. The smallest absolute Gasteiger partial charge is 0.274 e. The van der Waals surface area contributed by atoms with Gasteiger partial charge in [-0.15, -0.1) is 0 Å². The number of anilines is 1. The first-order valence-corrected chi connectivity index (χ1v) is 9.53. The highest BCUT2D eigenvalue weighted by Gasteiger charge is 2.29. The number of piperazine rings is 1. The minimum atomic E-state index is -0.0838. The Morgan fingerprint density at radius 2 is 2.07 bits per heavy atom. The van der Waals surface area contributed by atoms with E-state index in [1.54, 1.807) is 12.4 Å². The highest BCUT2D eigenvalue weighted by atomic mass is 16.2. The third-order valence-corrected chi connectivity index (χ3v) is 4.91. The summed E-state index contributed by atoms with van der Waals surface area (Å²) in [5, 5.41) is 12.2. The number of carbonyl (C=O) groups is 1. The van der Waals surface area contributed by atoms with E-state index in [9.17, 15) is 4.79 Å². The lowest BCUT2D eigenvalue weighted by Crippen LogP contribution is -2.58. The number of hydrogen-bond donors (Lipinski definition) is 2. The zero-order chi connectivity index (χ0) is 19.6. The number of nitrogens with zero attached hydrogens (tertiary/aromatic N) is 5. The van der Waals surface area contributed by atoms with Gasteiger partial charge >= 0.3 is 0 Å². The molecule has 0 aliphatic carbocycles. The van der Waals surface area contributed by atoms with Crippen LogP contribution in [-0.2, 0) is 6.54 Å². The quantitative estimate of drug-likeness (QED) is 0.702. The van der Waals surface area contributed by atoms with E-state index in [2.05, 4.69) is 45.6 Å². The van der Waals surface area contributed by atoms with Gasteiger partial charge in [0.15, 0.2) is 0 Å². The Kier molecular flexibility index (Phi) is 4.95. The summed E-state index contributed by atoms with van der Waals surface area (Å²) in [5.74, 6) is 0.574. The first-order valence-electron chi connectivity index (χ1n) is 9.53. The molecule has 0 unspecified atom stereocenters. The van der Waals surface area contributed by atoms with E-state index in [0.29, 0.717) is 37.7 Å². The molecule has 1 aromatic carbocycles. The summed E-state index contributed by atoms with van der Waals surface area (Å²) in [6.07, 6.45) is 5.03. The van der Waals surface area contributed by atoms with Gasteiger partial charge in [0, 0.05) is 37.1 Å². The van der Waals surface area contributed by atoms with Crippen LogP contribution in [-0.4, -0.2) is 62.3 Å². The maximum absolute atomic E-state index is 12.7. The molecule has 3 heterocycles. The molecule has 28 heavy (non-hydrogen) atoms. The summed E-state index contributed by atoms with van der Waals surface area (Å²) in [4.78, 5) is 23.1. The van der Waals surface area contributed by atoms with Gasteiger partial charge in [-0.2, -0.15) is 5.10 Å². The maximum Gasteiger partial charge on any atom is 0.274 e. The molecule has 146 valence electrons. The molecule has 1 amide bonds. The van der Waals surface area contributed by atoms with Crippen molar-refractivity contribution < 1.29 is 4.79 Å². The molecule has 2 N–H and O–H groups in total. The Morgan fingerprint density at radius 3 is 2.86 bits per heavy atom. The summed E-state index contributed by atoms with van der Waals surface area (Å²) in [6, 6.07) is 8.12. The van der Waals surface area contributed by atoms with Crippen molar-refractivity contribution in [3.8, 4) is 0 Å². The van der Waals surface area contributed by atoms with E-state index < -0.39 is 0 Å². The van der Waals surface area contributed by atoms with Crippen molar-refractivity contribution in [2.45, 2.75) is 25.9 Å². The van der Waals surface area contributed by atoms with Gasteiger partial charge in [0.05, 0.1) is 30.7 Å². The van der Waals surface area contributed by atoms with Crippen LogP contribution in [0.15, 0.2) is 42.9 Å². The SMILES string of the molecule is CC1(C)CN(C(=O)c2cnc(NCCn3ncc4ccccc43)cn2)CCN1. The summed E-state index contributed by atoms with van der Waals surface area (Å²) >= 11 is 0. The molecule has 8 heteroatoms. The molecular formula is C20H25N7O. The monoisotopic (exact) mass is 379 g/mol. The van der Waals surface area contributed by atoms with E-state index in [4.69, 9.17) is 0 Å². The molecule has 0 bridgehead atoms. The normalized spacial score (nSPS) is 16.3. The van der Waals surface area contributed by atoms with Crippen molar-refractivity contribution in [1.29, 1.82) is 0 Å². The van der Waals surface area contributed by atoms with Crippen LogP contribution >= 0.6 is 0 Å². The Bertz CT molecular complexity index is 964. The molecule has 0 radical (unpaired) electrons. The van der Waals surface area contributed by atoms with Crippen molar-refractivity contribution in [2.24, 2.45) is 0 Å². The van der Waals surface area contributed by atoms with Gasteiger partial charge in [-0.3, -0.25) is 9.48 Å². The van der Waals surface area contributed by atoms with Crippen LogP contribution in [0, 0.1) is 0 Å². The van der Waals surface area contributed by atoms with Crippen LogP contribution < -0.4 is 10.6 Å². The van der Waals surface area contributed by atoms with Gasteiger partial charge in [-0.1, -0.05) is 18.2 Å². The first kappa shape index (κ1) is 18.4. The molecule has 2 aromatic heterocycles. The number of carbonyl (C=O) groups excluding carboxylic acids is 1. The van der Waals surface area contributed by atoms with Crippen molar-refractivity contribution in [3.05, 3.63) is 48.5 Å². The number of nitrogens with one attached hydrogen (secondary N) is 2. The second-order valence-corrected chi connectivity index (χ2v) is 7.68. The topological polar surface area (TPSA) is 88.0 Å². The molecule has 0 atom stereocenters. The summed E-state index contributed by atoms with van der Waals surface area (Å²) in [7, 11) is 0. The molecule has 1 aliphatic rings. The Balaban J connectivity index is 1.34. The minimum absolute atomic E-state index is 0.0726. The number of fused-ring (bicyclic) bond motifs is 1. The zero-order valence-corrected chi connectivity index (χ0v) is 16.2. The first-order chi connectivity index (χ1) is 13.5. The van der Waals surface area contributed by atoms with Crippen molar-refractivity contribution in [2.75, 3.05) is 31.5 Å². The highest BCUT2D eigenvalue weighted by Crippen LogP contribution is 2.14. The van der Waals surface area contributed by atoms with E-state index in [1.165, 1.54) is 0 Å². The van der Waals surface area contributed by atoms with E-state index in [0.717, 1.165) is 17.4 Å². The molecule has 1 saturated heterocycles.